The van der Waals surface area contributed by atoms with Crippen LogP contribution >= 0.6 is 23.1 Å². The van der Waals surface area contributed by atoms with Crippen molar-refractivity contribution in [1.29, 1.82) is 0 Å². The molecule has 0 unspecified atom stereocenters. The normalized spacial score (nSPS) is 11.7. The monoisotopic (exact) mass is 322 g/mol. The van der Waals surface area contributed by atoms with Crippen LogP contribution in [0.4, 0.5) is 4.79 Å². The molecule has 0 radical (unpaired) electrons. The number of hydrogen-bond acceptors (Lipinski definition) is 6. The summed E-state index contributed by atoms with van der Waals surface area (Å²) in [6, 6.07) is 8.76. The largest absolute Gasteiger partial charge is 0.338 e. The van der Waals surface area contributed by atoms with Gasteiger partial charge in [0.15, 0.2) is 4.34 Å². The van der Waals surface area contributed by atoms with Crippen LogP contribution in [-0.2, 0) is 4.79 Å². The second kappa shape index (κ2) is 7.75. The number of aromatic nitrogens is 2. The number of rotatable bonds is 5. The van der Waals surface area contributed by atoms with Crippen LogP contribution in [0, 0.1) is 0 Å². The van der Waals surface area contributed by atoms with Crippen molar-refractivity contribution in [2.24, 2.45) is 0 Å². The summed E-state index contributed by atoms with van der Waals surface area (Å²) in [6.07, 6.45) is 0. The fourth-order valence-electron chi connectivity index (χ4n) is 1.60. The van der Waals surface area contributed by atoms with Crippen LogP contribution in [0.3, 0.4) is 0 Å². The molecule has 0 aliphatic heterocycles. The van der Waals surface area contributed by atoms with Gasteiger partial charge in [0.1, 0.15) is 10.8 Å². The molecule has 8 heteroatoms. The predicted molar refractivity (Wildman–Crippen MR) is 82.2 cm³/mol. The number of carbonyl (C=O) groups is 2. The summed E-state index contributed by atoms with van der Waals surface area (Å²) < 4.78 is 0.676. The Hall–Kier alpha value is -1.93. The maximum Gasteiger partial charge on any atom is 0.321 e. The average molecular weight is 322 g/mol. The third-order valence-electron chi connectivity index (χ3n) is 2.47. The van der Waals surface area contributed by atoms with Crippen molar-refractivity contribution >= 4 is 35.0 Å². The summed E-state index contributed by atoms with van der Waals surface area (Å²) in [6.45, 7) is 2.24. The second-order valence-corrected chi connectivity index (χ2v) is 6.15. The summed E-state index contributed by atoms with van der Waals surface area (Å²) in [5.41, 5.74) is 2.41. The Balaban J connectivity index is 2.15. The molecule has 6 nitrogen and oxygen atoms in total. The van der Waals surface area contributed by atoms with Crippen LogP contribution in [0.5, 0.6) is 0 Å². The molecule has 0 saturated carbocycles. The third kappa shape index (κ3) is 4.54. The molecule has 1 aromatic carbocycles. The smallest absolute Gasteiger partial charge is 0.321 e. The molecule has 0 spiro atoms. The van der Waals surface area contributed by atoms with E-state index in [0.717, 1.165) is 5.56 Å². The van der Waals surface area contributed by atoms with Crippen LogP contribution in [0.15, 0.2) is 40.2 Å². The Morgan fingerprint density at radius 3 is 2.71 bits per heavy atom. The number of carbonyl (C=O) groups excluding carboxylic acids is 2. The molecule has 0 fully saturated rings. The second-order valence-electron chi connectivity index (χ2n) is 3.96. The van der Waals surface area contributed by atoms with E-state index in [1.54, 1.807) is 12.4 Å². The number of amides is 3. The van der Waals surface area contributed by atoms with Gasteiger partial charge in [-0.3, -0.25) is 10.1 Å². The van der Waals surface area contributed by atoms with Gasteiger partial charge in [0.2, 0.25) is 5.91 Å². The highest BCUT2D eigenvalue weighted by molar-refractivity contribution is 8.01. The van der Waals surface area contributed by atoms with E-state index in [1.807, 2.05) is 30.3 Å². The molecule has 2 rings (SSSR count). The van der Waals surface area contributed by atoms with Crippen LogP contribution in [0.1, 0.15) is 17.7 Å². The lowest BCUT2D eigenvalue weighted by Crippen LogP contribution is -2.41. The van der Waals surface area contributed by atoms with E-state index in [9.17, 15) is 9.59 Å². The molecule has 21 heavy (non-hydrogen) atoms. The minimum Gasteiger partial charge on any atom is -0.338 e. The molecule has 0 aliphatic rings. The highest BCUT2D eigenvalue weighted by atomic mass is 32.2. The summed E-state index contributed by atoms with van der Waals surface area (Å²) in [7, 11) is 0. The first-order valence-corrected chi connectivity index (χ1v) is 8.03. The highest BCUT2D eigenvalue weighted by Crippen LogP contribution is 2.35. The summed E-state index contributed by atoms with van der Waals surface area (Å²) in [5, 5.41) is 12.0. The Bertz CT molecular complexity index is 589. The van der Waals surface area contributed by atoms with Gasteiger partial charge in [-0.15, -0.1) is 10.2 Å². The quantitative estimate of drug-likeness (QED) is 0.825. The number of nitrogens with one attached hydrogen (secondary N) is 2. The number of nitrogens with zero attached hydrogens (tertiary/aromatic N) is 2. The van der Waals surface area contributed by atoms with Crippen LogP contribution in [0.25, 0.3) is 0 Å². The van der Waals surface area contributed by atoms with E-state index in [4.69, 9.17) is 0 Å². The minimum atomic E-state index is -0.554. The van der Waals surface area contributed by atoms with Crippen molar-refractivity contribution in [2.45, 2.75) is 16.5 Å². The topological polar surface area (TPSA) is 84.0 Å². The van der Waals surface area contributed by atoms with Gasteiger partial charge in [0.05, 0.1) is 0 Å². The molecule has 0 aliphatic carbocycles. The lowest BCUT2D eigenvalue weighted by atomic mass is 10.1. The molecule has 1 heterocycles. The van der Waals surface area contributed by atoms with Crippen LogP contribution < -0.4 is 10.6 Å². The van der Waals surface area contributed by atoms with Crippen molar-refractivity contribution in [2.75, 3.05) is 6.54 Å². The Morgan fingerprint density at radius 2 is 2.10 bits per heavy atom. The van der Waals surface area contributed by atoms with Gasteiger partial charge in [-0.05, 0) is 12.5 Å². The summed E-state index contributed by atoms with van der Waals surface area (Å²) >= 11 is 2.62. The maximum absolute atomic E-state index is 12.3. The Kier molecular flexibility index (Phi) is 5.70. The number of imide groups is 1. The van der Waals surface area contributed by atoms with Crippen LogP contribution in [-0.4, -0.2) is 28.7 Å². The molecule has 0 saturated heterocycles. The molecule has 0 bridgehead atoms. The van der Waals surface area contributed by atoms with E-state index in [1.165, 1.54) is 23.1 Å². The lowest BCUT2D eigenvalue weighted by Gasteiger charge is -2.14. The van der Waals surface area contributed by atoms with E-state index in [2.05, 4.69) is 20.8 Å². The fraction of sp³-hybridized carbons (Fsp3) is 0.231. The predicted octanol–water partition coefficient (Wildman–Crippen LogP) is 2.22. The van der Waals surface area contributed by atoms with Gasteiger partial charge >= 0.3 is 6.03 Å². The van der Waals surface area contributed by atoms with Gasteiger partial charge in [0.25, 0.3) is 0 Å². The average Bonchev–Trinajstić information content (AvgIpc) is 2.99. The minimum absolute atomic E-state index is 0.382. The highest BCUT2D eigenvalue weighted by Gasteiger charge is 2.24. The molecule has 2 N–H and O–H groups in total. The lowest BCUT2D eigenvalue weighted by molar-refractivity contribution is -0.119. The number of urea groups is 1. The SMILES string of the molecule is CCNC(=O)NC(=O)[C@@H](Sc1nncs1)c1ccccc1. The third-order valence-corrected chi connectivity index (χ3v) is 4.54. The van der Waals surface area contributed by atoms with Gasteiger partial charge in [-0.2, -0.15) is 0 Å². The first-order valence-electron chi connectivity index (χ1n) is 6.27. The number of benzene rings is 1. The van der Waals surface area contributed by atoms with E-state index >= 15 is 0 Å². The molecular weight excluding hydrogens is 308 g/mol. The van der Waals surface area contributed by atoms with Crippen molar-refractivity contribution in [1.82, 2.24) is 20.8 Å². The molecule has 2 aromatic rings. The maximum atomic E-state index is 12.3. The number of hydrogen-bond donors (Lipinski definition) is 2. The molecule has 1 atom stereocenters. The zero-order chi connectivity index (χ0) is 15.1. The van der Waals surface area contributed by atoms with Crippen molar-refractivity contribution in [3.63, 3.8) is 0 Å². The van der Waals surface area contributed by atoms with Gasteiger partial charge in [-0.1, -0.05) is 53.4 Å². The standard InChI is InChI=1S/C13H14N4O2S2/c1-2-14-12(19)16-11(18)10(9-6-4-3-5-7-9)21-13-17-15-8-20-13/h3-8,10H,2H2,1H3,(H2,14,16,18,19)/t10-/m0/s1. The first kappa shape index (κ1) is 15.5. The van der Waals surface area contributed by atoms with Gasteiger partial charge in [-0.25, -0.2) is 4.79 Å². The Labute approximate surface area is 130 Å². The zero-order valence-corrected chi connectivity index (χ0v) is 12.9. The van der Waals surface area contributed by atoms with Gasteiger partial charge in [0, 0.05) is 6.54 Å². The summed E-state index contributed by atoms with van der Waals surface area (Å²) in [5.74, 6) is -0.382. The van der Waals surface area contributed by atoms with Crippen molar-refractivity contribution in [3.8, 4) is 0 Å². The van der Waals surface area contributed by atoms with Crippen molar-refractivity contribution in [3.05, 3.63) is 41.4 Å². The molecular formula is C13H14N4O2S2. The number of thioether (sulfide) groups is 1. The molecule has 3 amide bonds. The van der Waals surface area contributed by atoms with Crippen LogP contribution in [0.2, 0.25) is 0 Å². The zero-order valence-electron chi connectivity index (χ0n) is 11.3. The molecule has 1 aromatic heterocycles. The summed E-state index contributed by atoms with van der Waals surface area (Å²) in [4.78, 5) is 23.8. The first-order chi connectivity index (χ1) is 10.2. The molecule has 110 valence electrons. The Morgan fingerprint density at radius 1 is 1.33 bits per heavy atom. The van der Waals surface area contributed by atoms with Gasteiger partial charge < -0.3 is 5.32 Å². The van der Waals surface area contributed by atoms with E-state index in [0.29, 0.717) is 10.9 Å². The van der Waals surface area contributed by atoms with E-state index in [-0.39, 0.29) is 5.91 Å². The van der Waals surface area contributed by atoms with E-state index < -0.39 is 11.3 Å². The fourth-order valence-corrected chi connectivity index (χ4v) is 3.27. The van der Waals surface area contributed by atoms with Crippen molar-refractivity contribution < 1.29 is 9.59 Å².